The molecule has 0 spiro atoms. The third-order valence-electron chi connectivity index (χ3n) is 4.86. The molecule has 3 rings (SSSR count). The first-order chi connectivity index (χ1) is 12.0. The molecule has 3 aromatic carbocycles. The summed E-state index contributed by atoms with van der Waals surface area (Å²) in [6, 6.07) is 30.8. The van der Waals surface area contributed by atoms with Crippen LogP contribution in [0.4, 0.5) is 0 Å². The van der Waals surface area contributed by atoms with Crippen molar-refractivity contribution >= 4 is 0 Å². The van der Waals surface area contributed by atoms with Gasteiger partial charge < -0.3 is 0 Å². The standard InChI is InChI=1S/C25H28/c1-25(2,3)24-17-11-10-16-23(24)22(18-20-12-6-4-7-13-20)19-21-14-8-5-9-15-21/h4-17,22H,18-19H2,1-3H3. The zero-order valence-corrected chi connectivity index (χ0v) is 15.6. The third-order valence-corrected chi connectivity index (χ3v) is 4.86. The summed E-state index contributed by atoms with van der Waals surface area (Å²) in [6.45, 7) is 6.94. The fourth-order valence-corrected chi connectivity index (χ4v) is 3.63. The summed E-state index contributed by atoms with van der Waals surface area (Å²) in [4.78, 5) is 0. The second-order valence-corrected chi connectivity index (χ2v) is 7.91. The van der Waals surface area contributed by atoms with E-state index in [-0.39, 0.29) is 5.41 Å². The summed E-state index contributed by atoms with van der Waals surface area (Å²) in [5, 5.41) is 0. The van der Waals surface area contributed by atoms with Gasteiger partial charge in [0, 0.05) is 0 Å². The van der Waals surface area contributed by atoms with Gasteiger partial charge in [0.2, 0.25) is 0 Å². The van der Waals surface area contributed by atoms with Gasteiger partial charge in [-0.05, 0) is 46.4 Å². The molecular weight excluding hydrogens is 300 g/mol. The number of benzene rings is 3. The van der Waals surface area contributed by atoms with E-state index >= 15 is 0 Å². The highest BCUT2D eigenvalue weighted by molar-refractivity contribution is 5.38. The molecule has 0 bridgehead atoms. The Labute approximate surface area is 152 Å². The van der Waals surface area contributed by atoms with Crippen LogP contribution in [0.2, 0.25) is 0 Å². The average molecular weight is 328 g/mol. The predicted octanol–water partition coefficient (Wildman–Crippen LogP) is 6.55. The molecule has 0 aliphatic carbocycles. The van der Waals surface area contributed by atoms with E-state index < -0.39 is 0 Å². The molecule has 0 amide bonds. The van der Waals surface area contributed by atoms with Crippen LogP contribution in [0.3, 0.4) is 0 Å². The van der Waals surface area contributed by atoms with Gasteiger partial charge in [-0.2, -0.15) is 0 Å². The van der Waals surface area contributed by atoms with Gasteiger partial charge in [-0.1, -0.05) is 106 Å². The van der Waals surface area contributed by atoms with Crippen molar-refractivity contribution in [3.8, 4) is 0 Å². The number of rotatable bonds is 5. The van der Waals surface area contributed by atoms with Crippen LogP contribution in [0.1, 0.15) is 48.9 Å². The highest BCUT2D eigenvalue weighted by atomic mass is 14.3. The molecule has 0 heteroatoms. The Morgan fingerprint density at radius 1 is 0.600 bits per heavy atom. The van der Waals surface area contributed by atoms with E-state index in [1.807, 2.05) is 0 Å². The van der Waals surface area contributed by atoms with E-state index in [0.717, 1.165) is 12.8 Å². The first-order valence-electron chi connectivity index (χ1n) is 9.21. The molecule has 0 N–H and O–H groups in total. The van der Waals surface area contributed by atoms with Crippen LogP contribution < -0.4 is 0 Å². The summed E-state index contributed by atoms with van der Waals surface area (Å²) in [6.07, 6.45) is 2.14. The van der Waals surface area contributed by atoms with Gasteiger partial charge >= 0.3 is 0 Å². The van der Waals surface area contributed by atoms with Crippen LogP contribution in [0.15, 0.2) is 84.9 Å². The molecule has 0 fully saturated rings. The van der Waals surface area contributed by atoms with Gasteiger partial charge in [0.1, 0.15) is 0 Å². The lowest BCUT2D eigenvalue weighted by atomic mass is 9.77. The largest absolute Gasteiger partial charge is 0.0622 e. The molecule has 0 saturated heterocycles. The fourth-order valence-electron chi connectivity index (χ4n) is 3.63. The molecule has 0 heterocycles. The zero-order chi connectivity index (χ0) is 17.7. The lowest BCUT2D eigenvalue weighted by Gasteiger charge is -2.28. The molecule has 0 unspecified atom stereocenters. The second kappa shape index (κ2) is 7.70. The van der Waals surface area contributed by atoms with Crippen molar-refractivity contribution in [1.82, 2.24) is 0 Å². The molecule has 0 aromatic heterocycles. The van der Waals surface area contributed by atoms with Gasteiger partial charge in [0.15, 0.2) is 0 Å². The van der Waals surface area contributed by atoms with Crippen molar-refractivity contribution in [3.63, 3.8) is 0 Å². The van der Waals surface area contributed by atoms with Crippen LogP contribution in [-0.2, 0) is 18.3 Å². The van der Waals surface area contributed by atoms with E-state index in [1.54, 1.807) is 0 Å². The first-order valence-corrected chi connectivity index (χ1v) is 9.21. The van der Waals surface area contributed by atoms with Crippen LogP contribution in [0.25, 0.3) is 0 Å². The second-order valence-electron chi connectivity index (χ2n) is 7.91. The number of hydrogen-bond donors (Lipinski definition) is 0. The lowest BCUT2D eigenvalue weighted by Crippen LogP contribution is -2.18. The Bertz CT molecular complexity index is 738. The maximum absolute atomic E-state index is 2.33. The number of hydrogen-bond acceptors (Lipinski definition) is 0. The van der Waals surface area contributed by atoms with Gasteiger partial charge in [0.25, 0.3) is 0 Å². The smallest absolute Gasteiger partial charge is 0.00781 e. The topological polar surface area (TPSA) is 0 Å². The Morgan fingerprint density at radius 2 is 1.04 bits per heavy atom. The Hall–Kier alpha value is -2.34. The van der Waals surface area contributed by atoms with Crippen molar-refractivity contribution in [2.75, 3.05) is 0 Å². The van der Waals surface area contributed by atoms with Crippen LogP contribution in [-0.4, -0.2) is 0 Å². The Balaban J connectivity index is 1.99. The molecule has 128 valence electrons. The van der Waals surface area contributed by atoms with Crippen molar-refractivity contribution in [1.29, 1.82) is 0 Å². The molecule has 0 nitrogen and oxygen atoms in total. The first kappa shape index (κ1) is 17.5. The SMILES string of the molecule is CC(C)(C)c1ccccc1C(Cc1ccccc1)Cc1ccccc1. The molecule has 0 radical (unpaired) electrons. The maximum Gasteiger partial charge on any atom is -0.00781 e. The highest BCUT2D eigenvalue weighted by Gasteiger charge is 2.23. The molecular formula is C25H28. The van der Waals surface area contributed by atoms with Crippen molar-refractivity contribution < 1.29 is 0 Å². The Kier molecular flexibility index (Phi) is 5.38. The van der Waals surface area contributed by atoms with E-state index in [0.29, 0.717) is 5.92 Å². The minimum absolute atomic E-state index is 0.155. The van der Waals surface area contributed by atoms with Crippen molar-refractivity contribution in [2.24, 2.45) is 0 Å². The molecule has 0 atom stereocenters. The summed E-state index contributed by atoms with van der Waals surface area (Å²) in [7, 11) is 0. The molecule has 25 heavy (non-hydrogen) atoms. The average Bonchev–Trinajstić information content (AvgIpc) is 2.62. The fraction of sp³-hybridized carbons (Fsp3) is 0.280. The van der Waals surface area contributed by atoms with Crippen LogP contribution in [0.5, 0.6) is 0 Å². The summed E-state index contributed by atoms with van der Waals surface area (Å²) in [5.74, 6) is 0.486. The predicted molar refractivity (Wildman–Crippen MR) is 108 cm³/mol. The molecule has 0 saturated carbocycles. The van der Waals surface area contributed by atoms with Gasteiger partial charge in [-0.15, -0.1) is 0 Å². The Morgan fingerprint density at radius 3 is 1.52 bits per heavy atom. The third kappa shape index (κ3) is 4.60. The van der Waals surface area contributed by atoms with Crippen LogP contribution >= 0.6 is 0 Å². The van der Waals surface area contributed by atoms with E-state index in [9.17, 15) is 0 Å². The van der Waals surface area contributed by atoms with E-state index in [2.05, 4.69) is 106 Å². The van der Waals surface area contributed by atoms with Crippen molar-refractivity contribution in [3.05, 3.63) is 107 Å². The summed E-state index contributed by atoms with van der Waals surface area (Å²) < 4.78 is 0. The normalized spacial score (nSPS) is 11.7. The monoisotopic (exact) mass is 328 g/mol. The molecule has 0 aliphatic rings. The van der Waals surface area contributed by atoms with Gasteiger partial charge in [-0.3, -0.25) is 0 Å². The van der Waals surface area contributed by atoms with E-state index in [1.165, 1.54) is 22.3 Å². The summed E-state index contributed by atoms with van der Waals surface area (Å²) in [5.41, 5.74) is 5.93. The minimum Gasteiger partial charge on any atom is -0.0622 e. The quantitative estimate of drug-likeness (QED) is 0.498. The van der Waals surface area contributed by atoms with Crippen LogP contribution in [0, 0.1) is 0 Å². The van der Waals surface area contributed by atoms with Gasteiger partial charge in [-0.25, -0.2) is 0 Å². The minimum atomic E-state index is 0.155. The lowest BCUT2D eigenvalue weighted by molar-refractivity contribution is 0.564. The molecule has 0 aliphatic heterocycles. The maximum atomic E-state index is 2.33. The highest BCUT2D eigenvalue weighted by Crippen LogP contribution is 2.34. The van der Waals surface area contributed by atoms with Gasteiger partial charge in [0.05, 0.1) is 0 Å². The molecule has 3 aromatic rings. The zero-order valence-electron chi connectivity index (χ0n) is 15.6. The summed E-state index contributed by atoms with van der Waals surface area (Å²) >= 11 is 0. The van der Waals surface area contributed by atoms with E-state index in [4.69, 9.17) is 0 Å². The van der Waals surface area contributed by atoms with Crippen molar-refractivity contribution in [2.45, 2.75) is 44.9 Å².